The number of aliphatic hydroxyl groups excluding tert-OH is 2. The summed E-state index contributed by atoms with van der Waals surface area (Å²) in [6.45, 7) is 9.91. The zero-order valence-electron chi connectivity index (χ0n) is 40.9. The van der Waals surface area contributed by atoms with Crippen LogP contribution in [0.4, 0.5) is 10.5 Å². The lowest BCUT2D eigenvalue weighted by Gasteiger charge is -2.60. The van der Waals surface area contributed by atoms with Crippen molar-refractivity contribution in [2.75, 3.05) is 39.6 Å². The number of carbonyl (C=O) groups is 1. The van der Waals surface area contributed by atoms with Crippen LogP contribution in [0.2, 0.25) is 0 Å². The highest BCUT2D eigenvalue weighted by Gasteiger charge is 2.65. The maximum absolute atomic E-state index is 14.7. The molecule has 1 saturated carbocycles. The molecule has 376 valence electrons. The summed E-state index contributed by atoms with van der Waals surface area (Å²) in [5.74, 6) is -0.803. The van der Waals surface area contributed by atoms with Crippen molar-refractivity contribution in [2.24, 2.45) is 22.9 Å². The SMILES string of the molecule is C=CCOC12Oc3ccc(Oc4cccc([N+](=O)[O-])c4)cc3C3C(CCCCO)C(CCCCO)C=C(C(=NOC4CCCCO4)CC1N(CCC)C(=O)OCCCCCCCCCCCC)C32. The van der Waals surface area contributed by atoms with Gasteiger partial charge >= 0.3 is 6.09 Å². The zero-order valence-corrected chi connectivity index (χ0v) is 40.9. The van der Waals surface area contributed by atoms with Gasteiger partial charge in [-0.3, -0.25) is 15.0 Å². The number of oxime groups is 1. The van der Waals surface area contributed by atoms with Gasteiger partial charge in [0.15, 0.2) is 0 Å². The Morgan fingerprint density at radius 1 is 0.926 bits per heavy atom. The van der Waals surface area contributed by atoms with Gasteiger partial charge in [0.05, 0.1) is 42.4 Å². The van der Waals surface area contributed by atoms with Crippen molar-refractivity contribution in [2.45, 2.75) is 173 Å². The quantitative estimate of drug-likeness (QED) is 0.0330. The summed E-state index contributed by atoms with van der Waals surface area (Å²) in [7, 11) is 0. The van der Waals surface area contributed by atoms with E-state index >= 15 is 0 Å². The second-order valence-corrected chi connectivity index (χ2v) is 19.0. The number of nitrogens with zero attached hydrogens (tertiary/aromatic N) is 3. The standard InChI is InChI=1S/C54H79N3O11/c1-4-7-8-9-10-11-12-13-14-20-35-64-53(60)56(30-5-2)49-39-47(55-68-50-27-17-21-34-63-50)45-36-40(23-15-18-31-58)44(26-16-19-32-59)51-46-38-43(66-42-25-22-24-41(37-42)57(61)62)28-29-48(46)67-54(49,52(45)51)65-33-6-3/h6,22,24-25,28-29,36-38,40,44,49-52,58-59H,3-5,7-21,23,26-27,30-35,39H2,1-2H3. The molecule has 0 radical (unpaired) electrons. The van der Waals surface area contributed by atoms with Crippen LogP contribution in [-0.4, -0.2) is 89.5 Å². The number of nitro benzene ring substituents is 1. The van der Waals surface area contributed by atoms with Crippen LogP contribution in [0.1, 0.15) is 160 Å². The van der Waals surface area contributed by atoms with Crippen molar-refractivity contribution >= 4 is 17.5 Å². The minimum Gasteiger partial charge on any atom is -0.459 e. The second kappa shape index (κ2) is 27.6. The van der Waals surface area contributed by atoms with Crippen molar-refractivity contribution in [1.29, 1.82) is 0 Å². The van der Waals surface area contributed by atoms with Gasteiger partial charge in [-0.15, -0.1) is 6.58 Å². The predicted octanol–water partition coefficient (Wildman–Crippen LogP) is 12.3. The highest BCUT2D eigenvalue weighted by Crippen LogP contribution is 2.62. The molecule has 0 aromatic heterocycles. The Balaban J connectivity index is 1.43. The van der Waals surface area contributed by atoms with Gasteiger partial charge in [0.2, 0.25) is 12.1 Å². The molecule has 2 fully saturated rings. The molecule has 2 aliphatic carbocycles. The summed E-state index contributed by atoms with van der Waals surface area (Å²) in [6.07, 6.45) is 22.8. The van der Waals surface area contributed by atoms with Crippen LogP contribution in [-0.2, 0) is 19.0 Å². The van der Waals surface area contributed by atoms with Gasteiger partial charge in [0, 0.05) is 50.1 Å². The molecule has 2 aliphatic heterocycles. The summed E-state index contributed by atoms with van der Waals surface area (Å²) in [6, 6.07) is 11.1. The molecule has 14 heteroatoms. The van der Waals surface area contributed by atoms with Crippen LogP contribution in [0, 0.1) is 27.9 Å². The van der Waals surface area contributed by atoms with Crippen LogP contribution in [0.5, 0.6) is 17.2 Å². The maximum Gasteiger partial charge on any atom is 0.410 e. The fourth-order valence-corrected chi connectivity index (χ4v) is 10.9. The fraction of sp³-hybridized carbons (Fsp3) is 0.667. The molecule has 2 aromatic rings. The lowest BCUT2D eigenvalue weighted by atomic mass is 9.55. The minimum absolute atomic E-state index is 0.00178. The number of amides is 1. The number of hydrogen-bond donors (Lipinski definition) is 2. The molecule has 4 aliphatic rings. The first-order chi connectivity index (χ1) is 33.3. The third-order valence-corrected chi connectivity index (χ3v) is 14.1. The second-order valence-electron chi connectivity index (χ2n) is 19.0. The van der Waals surface area contributed by atoms with Crippen LogP contribution >= 0.6 is 0 Å². The van der Waals surface area contributed by atoms with Crippen LogP contribution in [0.25, 0.3) is 0 Å². The predicted molar refractivity (Wildman–Crippen MR) is 263 cm³/mol. The third-order valence-electron chi connectivity index (χ3n) is 14.1. The first-order valence-corrected chi connectivity index (χ1v) is 26.0. The van der Waals surface area contributed by atoms with Gasteiger partial charge in [0.25, 0.3) is 5.69 Å². The summed E-state index contributed by atoms with van der Waals surface area (Å²) < 4.78 is 33.0. The number of rotatable bonds is 30. The Kier molecular flexibility index (Phi) is 21.5. The lowest BCUT2D eigenvalue weighted by Crippen LogP contribution is -2.70. The van der Waals surface area contributed by atoms with E-state index in [1.807, 2.05) is 19.1 Å². The molecule has 1 saturated heterocycles. The zero-order chi connectivity index (χ0) is 48.1. The number of non-ortho nitro benzene ring substituents is 1. The van der Waals surface area contributed by atoms with Crippen molar-refractivity contribution < 1.29 is 48.5 Å². The van der Waals surface area contributed by atoms with Crippen molar-refractivity contribution in [3.8, 4) is 17.2 Å². The first kappa shape index (κ1) is 52.9. The summed E-state index contributed by atoms with van der Waals surface area (Å²) in [5, 5.41) is 36.6. The molecule has 2 heterocycles. The van der Waals surface area contributed by atoms with Crippen molar-refractivity contribution in [3.05, 3.63) is 82.4 Å². The highest BCUT2D eigenvalue weighted by atomic mass is 16.8. The number of nitro groups is 1. The Morgan fingerprint density at radius 3 is 2.35 bits per heavy atom. The van der Waals surface area contributed by atoms with Crippen LogP contribution in [0.3, 0.4) is 0 Å². The average Bonchev–Trinajstić information content (AvgIpc) is 3.35. The van der Waals surface area contributed by atoms with E-state index < -0.39 is 35.1 Å². The molecule has 1 amide bonds. The molecule has 7 unspecified atom stereocenters. The minimum atomic E-state index is -1.43. The summed E-state index contributed by atoms with van der Waals surface area (Å²) in [4.78, 5) is 34.0. The van der Waals surface area contributed by atoms with E-state index in [1.54, 1.807) is 29.2 Å². The Bertz CT molecular complexity index is 1950. The van der Waals surface area contributed by atoms with Crippen LogP contribution in [0.15, 0.2) is 71.9 Å². The first-order valence-electron chi connectivity index (χ1n) is 26.0. The van der Waals surface area contributed by atoms with E-state index in [0.717, 1.165) is 68.9 Å². The number of allylic oxidation sites excluding steroid dienone is 1. The van der Waals surface area contributed by atoms with Crippen LogP contribution < -0.4 is 9.47 Å². The molecule has 7 atom stereocenters. The number of unbranched alkanes of at least 4 members (excludes halogenated alkanes) is 11. The van der Waals surface area contributed by atoms with E-state index in [-0.39, 0.29) is 49.7 Å². The number of carbonyl (C=O) groups excluding carboxylic acids is 1. The molecule has 0 bridgehead atoms. The van der Waals surface area contributed by atoms with Gasteiger partial charge in [0.1, 0.15) is 23.3 Å². The monoisotopic (exact) mass is 946 g/mol. The average molecular weight is 946 g/mol. The lowest BCUT2D eigenvalue weighted by molar-refractivity contribution is -0.384. The molecule has 2 N–H and O–H groups in total. The Hall–Kier alpha value is -4.50. The molecule has 68 heavy (non-hydrogen) atoms. The third kappa shape index (κ3) is 13.8. The van der Waals surface area contributed by atoms with Gasteiger partial charge in [-0.25, -0.2) is 4.79 Å². The van der Waals surface area contributed by atoms with E-state index in [1.165, 1.54) is 57.1 Å². The Morgan fingerprint density at radius 2 is 1.66 bits per heavy atom. The summed E-state index contributed by atoms with van der Waals surface area (Å²) in [5.41, 5.74) is 2.41. The molecule has 14 nitrogen and oxygen atoms in total. The number of benzene rings is 2. The molecule has 6 rings (SSSR count). The molecule has 2 aromatic carbocycles. The number of fused-ring (bicyclic) bond motifs is 2. The van der Waals surface area contributed by atoms with E-state index in [2.05, 4.69) is 19.6 Å². The van der Waals surface area contributed by atoms with E-state index in [4.69, 9.17) is 33.7 Å². The van der Waals surface area contributed by atoms with Gasteiger partial charge in [-0.2, -0.15) is 0 Å². The smallest absolute Gasteiger partial charge is 0.410 e. The molecular weight excluding hydrogens is 867 g/mol. The maximum atomic E-state index is 14.7. The number of hydrogen-bond acceptors (Lipinski definition) is 12. The van der Waals surface area contributed by atoms with Gasteiger partial charge in [-0.05, 0) is 93.0 Å². The number of ether oxygens (including phenoxy) is 5. The van der Waals surface area contributed by atoms with Crippen molar-refractivity contribution in [1.82, 2.24) is 4.90 Å². The van der Waals surface area contributed by atoms with E-state index in [0.29, 0.717) is 68.4 Å². The molecule has 0 spiro atoms. The largest absolute Gasteiger partial charge is 0.459 e. The van der Waals surface area contributed by atoms with E-state index in [9.17, 15) is 25.1 Å². The fourth-order valence-electron chi connectivity index (χ4n) is 10.9. The molecular formula is C54H79N3O11. The number of aliphatic hydroxyl groups is 2. The Labute approximate surface area is 404 Å². The highest BCUT2D eigenvalue weighted by molar-refractivity contribution is 6.03. The van der Waals surface area contributed by atoms with Gasteiger partial charge < -0.3 is 38.7 Å². The van der Waals surface area contributed by atoms with Crippen molar-refractivity contribution in [3.63, 3.8) is 0 Å². The summed E-state index contributed by atoms with van der Waals surface area (Å²) >= 11 is 0. The normalized spacial score (nSPS) is 24.5. The van der Waals surface area contributed by atoms with Gasteiger partial charge in [-0.1, -0.05) is 108 Å². The topological polar surface area (TPSA) is 172 Å².